The first-order valence-corrected chi connectivity index (χ1v) is 11.0. The van der Waals surface area contributed by atoms with Crippen molar-refractivity contribution in [2.75, 3.05) is 18.0 Å². The molecule has 1 fully saturated rings. The summed E-state index contributed by atoms with van der Waals surface area (Å²) < 4.78 is 5.99. The molecule has 3 aromatic rings. The third kappa shape index (κ3) is 5.05. The molecule has 1 N–H and O–H groups in total. The van der Waals surface area contributed by atoms with Crippen LogP contribution in [-0.2, 0) is 12.0 Å². The van der Waals surface area contributed by atoms with E-state index < -0.39 is 0 Å². The van der Waals surface area contributed by atoms with E-state index in [1.54, 1.807) is 6.20 Å². The molecule has 5 nitrogen and oxygen atoms in total. The van der Waals surface area contributed by atoms with E-state index in [1.165, 1.54) is 16.7 Å². The summed E-state index contributed by atoms with van der Waals surface area (Å²) in [6.07, 6.45) is 3.25. The number of ether oxygens (including phenoxy) is 1. The summed E-state index contributed by atoms with van der Waals surface area (Å²) in [4.78, 5) is 11.0. The lowest BCUT2D eigenvalue weighted by Crippen LogP contribution is -2.39. The summed E-state index contributed by atoms with van der Waals surface area (Å²) in [5.74, 6) is 1.48. The summed E-state index contributed by atoms with van der Waals surface area (Å²) in [6, 6.07) is 18.9. The lowest BCUT2D eigenvalue weighted by Gasteiger charge is -2.30. The molecule has 0 saturated carbocycles. The van der Waals surface area contributed by atoms with Crippen LogP contribution in [0.15, 0.2) is 60.8 Å². The molecule has 0 amide bonds. The van der Waals surface area contributed by atoms with Crippen LogP contribution in [0.2, 0.25) is 0 Å². The van der Waals surface area contributed by atoms with Gasteiger partial charge in [0.1, 0.15) is 12.4 Å². The van der Waals surface area contributed by atoms with Gasteiger partial charge in [-0.15, -0.1) is 0 Å². The van der Waals surface area contributed by atoms with Gasteiger partial charge in [-0.05, 0) is 49.1 Å². The Balaban J connectivity index is 1.41. The zero-order valence-electron chi connectivity index (χ0n) is 18.6. The number of rotatable bonds is 6. The van der Waals surface area contributed by atoms with Crippen LogP contribution in [0.3, 0.4) is 0 Å². The van der Waals surface area contributed by atoms with Crippen molar-refractivity contribution in [3.05, 3.63) is 83.2 Å². The van der Waals surface area contributed by atoms with Gasteiger partial charge in [0.25, 0.3) is 0 Å². The molecule has 2 aromatic carbocycles. The minimum atomic E-state index is -0.306. The van der Waals surface area contributed by atoms with Gasteiger partial charge in [-0.3, -0.25) is 0 Å². The minimum Gasteiger partial charge on any atom is -0.487 e. The van der Waals surface area contributed by atoms with Crippen molar-refractivity contribution in [3.63, 3.8) is 0 Å². The van der Waals surface area contributed by atoms with E-state index in [0.717, 1.165) is 30.8 Å². The second-order valence-electron chi connectivity index (χ2n) is 8.89. The molecule has 5 heteroatoms. The van der Waals surface area contributed by atoms with Crippen LogP contribution in [0.4, 0.5) is 5.95 Å². The van der Waals surface area contributed by atoms with E-state index >= 15 is 0 Å². The number of aliphatic hydroxyl groups excluding tert-OH is 1. The van der Waals surface area contributed by atoms with Crippen molar-refractivity contribution in [2.24, 2.45) is 0 Å². The van der Waals surface area contributed by atoms with Crippen molar-refractivity contribution in [1.82, 2.24) is 9.97 Å². The van der Waals surface area contributed by atoms with Crippen molar-refractivity contribution in [2.45, 2.75) is 51.7 Å². The first-order chi connectivity index (χ1) is 14.9. The molecule has 1 aliphatic rings. The zero-order valence-corrected chi connectivity index (χ0v) is 18.6. The smallest absolute Gasteiger partial charge is 0.225 e. The van der Waals surface area contributed by atoms with Crippen LogP contribution < -0.4 is 9.64 Å². The van der Waals surface area contributed by atoms with E-state index in [0.29, 0.717) is 19.1 Å². The Morgan fingerprint density at radius 3 is 2.39 bits per heavy atom. The molecule has 1 saturated heterocycles. The maximum absolute atomic E-state index is 9.90. The highest BCUT2D eigenvalue weighted by Crippen LogP contribution is 2.32. The molecule has 2 heterocycles. The van der Waals surface area contributed by atoms with Gasteiger partial charge in [0.2, 0.25) is 5.95 Å². The van der Waals surface area contributed by atoms with E-state index in [9.17, 15) is 5.11 Å². The van der Waals surface area contributed by atoms with Crippen LogP contribution in [0.25, 0.3) is 0 Å². The highest BCUT2D eigenvalue weighted by Gasteiger charge is 2.23. The van der Waals surface area contributed by atoms with Gasteiger partial charge in [-0.25, -0.2) is 9.97 Å². The molecule has 0 unspecified atom stereocenters. The molecule has 162 valence electrons. The summed E-state index contributed by atoms with van der Waals surface area (Å²) in [5.41, 5.74) is 4.56. The summed E-state index contributed by atoms with van der Waals surface area (Å²) in [5, 5.41) is 9.90. The van der Waals surface area contributed by atoms with Gasteiger partial charge < -0.3 is 14.7 Å². The Morgan fingerprint density at radius 2 is 1.71 bits per heavy atom. The van der Waals surface area contributed by atoms with Crippen LogP contribution in [-0.4, -0.2) is 34.3 Å². The Bertz CT molecular complexity index is 1000. The first-order valence-electron chi connectivity index (χ1n) is 11.0. The number of β-amino-alcohol motifs (C(OH)–C–C–N with tert-alkyl or cyclic N) is 1. The number of piperidine rings is 1. The molecule has 4 rings (SSSR count). The summed E-state index contributed by atoms with van der Waals surface area (Å²) >= 11 is 0. The molecule has 31 heavy (non-hydrogen) atoms. The Kier molecular flexibility index (Phi) is 6.23. The number of anilines is 1. The number of aromatic nitrogens is 2. The molecule has 0 spiro atoms. The lowest BCUT2D eigenvalue weighted by atomic mass is 9.78. The highest BCUT2D eigenvalue weighted by molar-refractivity contribution is 5.41. The van der Waals surface area contributed by atoms with E-state index in [2.05, 4.69) is 67.1 Å². The standard InChI is InChI=1S/C26H31N3O2/c1-19-6-8-20(9-7-19)26(2,3)21-10-12-24(13-11-21)31-18-22-14-15-27-25(28-22)29-16-4-5-23(30)17-29/h6-15,23,30H,4-5,16-18H2,1-3H3/t23-/m1/s1. The normalized spacial score (nSPS) is 16.9. The third-order valence-corrected chi connectivity index (χ3v) is 6.12. The number of hydrogen-bond donors (Lipinski definition) is 1. The van der Waals surface area contributed by atoms with Gasteiger partial charge in [0.15, 0.2) is 0 Å². The molecule has 1 aromatic heterocycles. The van der Waals surface area contributed by atoms with Crippen LogP contribution in [0.1, 0.15) is 49.1 Å². The maximum atomic E-state index is 9.90. The fourth-order valence-electron chi connectivity index (χ4n) is 4.02. The average Bonchev–Trinajstić information content (AvgIpc) is 2.78. The number of benzene rings is 2. The predicted octanol–water partition coefficient (Wildman–Crippen LogP) is 4.65. The van der Waals surface area contributed by atoms with Crippen LogP contribution >= 0.6 is 0 Å². The number of hydrogen-bond acceptors (Lipinski definition) is 5. The fraction of sp³-hybridized carbons (Fsp3) is 0.385. The third-order valence-electron chi connectivity index (χ3n) is 6.12. The van der Waals surface area contributed by atoms with Crippen molar-refractivity contribution in [3.8, 4) is 5.75 Å². The quantitative estimate of drug-likeness (QED) is 0.633. The molecule has 1 aliphatic heterocycles. The second kappa shape index (κ2) is 9.06. The van der Waals surface area contributed by atoms with Crippen molar-refractivity contribution in [1.29, 1.82) is 0 Å². The Labute approximate surface area is 184 Å². The Hall–Kier alpha value is -2.92. The topological polar surface area (TPSA) is 58.5 Å². The zero-order chi connectivity index (χ0) is 21.8. The number of aryl methyl sites for hydroxylation is 1. The Morgan fingerprint density at radius 1 is 1.03 bits per heavy atom. The van der Waals surface area contributed by atoms with Crippen molar-refractivity contribution >= 4 is 5.95 Å². The monoisotopic (exact) mass is 417 g/mol. The summed E-state index contributed by atoms with van der Waals surface area (Å²) in [7, 11) is 0. The van der Waals surface area contributed by atoms with Gasteiger partial charge in [0.05, 0.1) is 11.8 Å². The highest BCUT2D eigenvalue weighted by atomic mass is 16.5. The molecule has 0 aliphatic carbocycles. The van der Waals surface area contributed by atoms with Gasteiger partial charge >= 0.3 is 0 Å². The second-order valence-corrected chi connectivity index (χ2v) is 8.89. The van der Waals surface area contributed by atoms with Crippen LogP contribution in [0, 0.1) is 6.92 Å². The molecular weight excluding hydrogens is 386 g/mol. The largest absolute Gasteiger partial charge is 0.487 e. The number of nitrogens with zero attached hydrogens (tertiary/aromatic N) is 3. The molecular formula is C26H31N3O2. The van der Waals surface area contributed by atoms with E-state index in [4.69, 9.17) is 4.74 Å². The van der Waals surface area contributed by atoms with Crippen molar-refractivity contribution < 1.29 is 9.84 Å². The predicted molar refractivity (Wildman–Crippen MR) is 124 cm³/mol. The molecule has 0 radical (unpaired) electrons. The SMILES string of the molecule is Cc1ccc(C(C)(C)c2ccc(OCc3ccnc(N4CCC[C@@H](O)C4)n3)cc2)cc1. The van der Waals surface area contributed by atoms with E-state index in [-0.39, 0.29) is 11.5 Å². The number of aliphatic hydroxyl groups is 1. The van der Waals surface area contributed by atoms with Gasteiger partial charge in [-0.2, -0.15) is 0 Å². The molecule has 0 bridgehead atoms. The average molecular weight is 418 g/mol. The first kappa shape index (κ1) is 21.3. The van der Waals surface area contributed by atoms with Crippen LogP contribution in [0.5, 0.6) is 5.75 Å². The lowest BCUT2D eigenvalue weighted by molar-refractivity contribution is 0.153. The fourth-order valence-corrected chi connectivity index (χ4v) is 4.02. The minimum absolute atomic E-state index is 0.0766. The van der Waals surface area contributed by atoms with Gasteiger partial charge in [-0.1, -0.05) is 55.8 Å². The maximum Gasteiger partial charge on any atom is 0.225 e. The van der Waals surface area contributed by atoms with E-state index in [1.807, 2.05) is 23.1 Å². The molecule has 1 atom stereocenters. The summed E-state index contributed by atoms with van der Waals surface area (Å²) in [6.45, 7) is 8.44. The van der Waals surface area contributed by atoms with Gasteiger partial charge in [0, 0.05) is 24.7 Å².